The maximum Gasteiger partial charge on any atom is 0.408 e. The van der Waals surface area contributed by atoms with Crippen molar-refractivity contribution in [1.82, 2.24) is 15.3 Å². The van der Waals surface area contributed by atoms with Crippen LogP contribution in [0.4, 0.5) is 4.79 Å². The second-order valence-electron chi connectivity index (χ2n) is 5.58. The van der Waals surface area contributed by atoms with Crippen LogP contribution in [0.25, 0.3) is 11.4 Å². The fraction of sp³-hybridized carbons (Fsp3) is 0.211. The summed E-state index contributed by atoms with van der Waals surface area (Å²) in [5.74, 6) is 0.418. The third-order valence-corrected chi connectivity index (χ3v) is 4.15. The van der Waals surface area contributed by atoms with Gasteiger partial charge in [0.25, 0.3) is 0 Å². The van der Waals surface area contributed by atoms with Crippen LogP contribution >= 0.6 is 15.9 Å². The van der Waals surface area contributed by atoms with Gasteiger partial charge in [-0.2, -0.15) is 0 Å². The zero-order chi connectivity index (χ0) is 18.4. The monoisotopic (exact) mass is 415 g/mol. The van der Waals surface area contributed by atoms with Gasteiger partial charge in [0.05, 0.1) is 5.69 Å². The number of carbonyl (C=O) groups excluding carboxylic acids is 1. The number of carbonyl (C=O) groups is 1. The highest BCUT2D eigenvalue weighted by Gasteiger charge is 2.20. The lowest BCUT2D eigenvalue weighted by atomic mass is 10.2. The van der Waals surface area contributed by atoms with E-state index in [1.54, 1.807) is 0 Å². The van der Waals surface area contributed by atoms with E-state index in [9.17, 15) is 4.79 Å². The van der Waals surface area contributed by atoms with Gasteiger partial charge in [-0.05, 0) is 40.0 Å². The van der Waals surface area contributed by atoms with Gasteiger partial charge in [-0.3, -0.25) is 0 Å². The molecule has 2 aromatic heterocycles. The molecule has 1 N–H and O–H groups in total. The Morgan fingerprint density at radius 1 is 1.15 bits per heavy atom. The molecule has 1 aromatic carbocycles. The number of halogens is 1. The number of hydrogen-bond acceptors (Lipinski definition) is 5. The second-order valence-corrected chi connectivity index (χ2v) is 6.40. The van der Waals surface area contributed by atoms with Crippen LogP contribution in [-0.4, -0.2) is 16.1 Å². The van der Waals surface area contributed by atoms with Crippen molar-refractivity contribution in [3.63, 3.8) is 0 Å². The van der Waals surface area contributed by atoms with Gasteiger partial charge >= 0.3 is 6.09 Å². The summed E-state index contributed by atoms with van der Waals surface area (Å²) >= 11 is 3.34. The number of hydrogen-bond donors (Lipinski definition) is 1. The van der Waals surface area contributed by atoms with Crippen molar-refractivity contribution in [3.8, 4) is 11.4 Å². The highest BCUT2D eigenvalue weighted by molar-refractivity contribution is 9.10. The first-order valence-electron chi connectivity index (χ1n) is 8.21. The van der Waals surface area contributed by atoms with Gasteiger partial charge < -0.3 is 14.5 Å². The molecule has 0 fully saturated rings. The van der Waals surface area contributed by atoms with Crippen molar-refractivity contribution in [1.29, 1.82) is 0 Å². The lowest BCUT2D eigenvalue weighted by Gasteiger charge is -2.13. The molecule has 0 saturated heterocycles. The average Bonchev–Trinajstić information content (AvgIpc) is 3.15. The molecule has 0 saturated carbocycles. The highest BCUT2D eigenvalue weighted by Crippen LogP contribution is 2.23. The van der Waals surface area contributed by atoms with Crippen LogP contribution in [0.3, 0.4) is 0 Å². The third kappa shape index (κ3) is 4.70. The number of amides is 1. The Hall–Kier alpha value is -2.67. The Labute approximate surface area is 159 Å². The molecule has 2 heterocycles. The van der Waals surface area contributed by atoms with Crippen molar-refractivity contribution in [2.75, 3.05) is 0 Å². The summed E-state index contributed by atoms with van der Waals surface area (Å²) in [6.07, 6.45) is 1.64. The third-order valence-electron chi connectivity index (χ3n) is 3.71. The molecule has 0 spiro atoms. The molecule has 1 unspecified atom stereocenters. The van der Waals surface area contributed by atoms with Crippen LogP contribution in [0.1, 0.15) is 30.8 Å². The number of nitrogens with one attached hydrogen (secondary N) is 1. The summed E-state index contributed by atoms with van der Waals surface area (Å²) in [6, 6.07) is 14.7. The summed E-state index contributed by atoms with van der Waals surface area (Å²) in [5.41, 5.74) is 2.23. The number of ether oxygens (including phenoxy) is 1. The molecular formula is C19H18BrN3O3. The normalized spacial score (nSPS) is 11.8. The predicted octanol–water partition coefficient (Wildman–Crippen LogP) is 4.88. The quantitative estimate of drug-likeness (QED) is 0.580. The summed E-state index contributed by atoms with van der Waals surface area (Å²) in [6.45, 7) is 2.14. The van der Waals surface area contributed by atoms with Crippen molar-refractivity contribution >= 4 is 22.0 Å². The Morgan fingerprint density at radius 2 is 1.96 bits per heavy atom. The SMILES string of the molecule is CCC(NC(=O)OCc1ccccc1)c1nc(-c2cccc(Br)n2)co1. The van der Waals surface area contributed by atoms with E-state index in [-0.39, 0.29) is 12.6 Å². The van der Waals surface area contributed by atoms with E-state index in [0.717, 1.165) is 5.56 Å². The first kappa shape index (κ1) is 18.1. The molecule has 7 heteroatoms. The molecule has 134 valence electrons. The summed E-state index contributed by atoms with van der Waals surface area (Å²) in [5, 5.41) is 2.78. The zero-order valence-corrected chi connectivity index (χ0v) is 15.8. The molecule has 0 aliphatic heterocycles. The van der Waals surface area contributed by atoms with Crippen molar-refractivity contribution in [2.24, 2.45) is 0 Å². The van der Waals surface area contributed by atoms with E-state index in [4.69, 9.17) is 9.15 Å². The van der Waals surface area contributed by atoms with Crippen molar-refractivity contribution < 1.29 is 13.9 Å². The fourth-order valence-corrected chi connectivity index (χ4v) is 2.71. The van der Waals surface area contributed by atoms with Crippen LogP contribution in [0.5, 0.6) is 0 Å². The summed E-state index contributed by atoms with van der Waals surface area (Å²) in [7, 11) is 0. The van der Waals surface area contributed by atoms with E-state index in [1.807, 2.05) is 55.5 Å². The lowest BCUT2D eigenvalue weighted by Crippen LogP contribution is -2.28. The van der Waals surface area contributed by atoms with E-state index < -0.39 is 6.09 Å². The lowest BCUT2D eigenvalue weighted by molar-refractivity contribution is 0.133. The number of rotatable bonds is 6. The molecule has 0 aliphatic carbocycles. The number of oxazole rings is 1. The van der Waals surface area contributed by atoms with Gasteiger partial charge in [0.2, 0.25) is 5.89 Å². The van der Waals surface area contributed by atoms with E-state index in [1.165, 1.54) is 6.26 Å². The number of pyridine rings is 1. The smallest absolute Gasteiger partial charge is 0.408 e. The van der Waals surface area contributed by atoms with Crippen LogP contribution in [0, 0.1) is 0 Å². The van der Waals surface area contributed by atoms with E-state index in [0.29, 0.717) is 28.3 Å². The first-order chi connectivity index (χ1) is 12.7. The number of alkyl carbamates (subject to hydrolysis) is 1. The Bertz CT molecular complexity index is 867. The van der Waals surface area contributed by atoms with Crippen LogP contribution < -0.4 is 5.32 Å². The maximum absolute atomic E-state index is 12.1. The molecular weight excluding hydrogens is 398 g/mol. The molecule has 1 atom stereocenters. The molecule has 6 nitrogen and oxygen atoms in total. The van der Waals surface area contributed by atoms with Gasteiger partial charge in [0.15, 0.2) is 0 Å². The predicted molar refractivity (Wildman–Crippen MR) is 100 cm³/mol. The molecule has 1 amide bonds. The van der Waals surface area contributed by atoms with Gasteiger partial charge in [-0.15, -0.1) is 0 Å². The fourth-order valence-electron chi connectivity index (χ4n) is 2.36. The first-order valence-corrected chi connectivity index (χ1v) is 9.00. The molecule has 3 aromatic rings. The van der Waals surface area contributed by atoms with Gasteiger partial charge in [0, 0.05) is 0 Å². The Morgan fingerprint density at radius 3 is 2.69 bits per heavy atom. The van der Waals surface area contributed by atoms with E-state index >= 15 is 0 Å². The van der Waals surface area contributed by atoms with E-state index in [2.05, 4.69) is 31.2 Å². The standard InChI is InChI=1S/C19H18BrN3O3/c1-2-14(23-19(24)26-11-13-7-4-3-5-8-13)18-22-16(12-25-18)15-9-6-10-17(20)21-15/h3-10,12,14H,2,11H2,1H3,(H,23,24). The van der Waals surface area contributed by atoms with Crippen molar-refractivity contribution in [3.05, 3.63) is 70.9 Å². The minimum absolute atomic E-state index is 0.210. The molecule has 0 radical (unpaired) electrons. The summed E-state index contributed by atoms with van der Waals surface area (Å²) in [4.78, 5) is 20.9. The zero-order valence-electron chi connectivity index (χ0n) is 14.2. The second kappa shape index (κ2) is 8.62. The number of aromatic nitrogens is 2. The van der Waals surface area contributed by atoms with Crippen LogP contribution in [0.15, 0.2) is 63.8 Å². The molecule has 3 rings (SSSR count). The minimum Gasteiger partial charge on any atom is -0.446 e. The topological polar surface area (TPSA) is 77.2 Å². The molecule has 0 aliphatic rings. The average molecular weight is 416 g/mol. The van der Waals surface area contributed by atoms with Gasteiger partial charge in [0.1, 0.15) is 29.2 Å². The maximum atomic E-state index is 12.1. The highest BCUT2D eigenvalue weighted by atomic mass is 79.9. The van der Waals surface area contributed by atoms with Crippen LogP contribution in [-0.2, 0) is 11.3 Å². The summed E-state index contributed by atoms with van der Waals surface area (Å²) < 4.78 is 11.5. The minimum atomic E-state index is -0.513. The Balaban J connectivity index is 1.62. The Kier molecular flexibility index (Phi) is 6.01. The number of benzene rings is 1. The number of nitrogens with zero attached hydrogens (tertiary/aromatic N) is 2. The largest absolute Gasteiger partial charge is 0.446 e. The van der Waals surface area contributed by atoms with Gasteiger partial charge in [-0.1, -0.05) is 43.3 Å². The van der Waals surface area contributed by atoms with Crippen molar-refractivity contribution in [2.45, 2.75) is 26.0 Å². The molecule has 0 bridgehead atoms. The van der Waals surface area contributed by atoms with Gasteiger partial charge in [-0.25, -0.2) is 14.8 Å². The van der Waals surface area contributed by atoms with Crippen LogP contribution in [0.2, 0.25) is 0 Å². The molecule has 26 heavy (non-hydrogen) atoms.